The fourth-order valence-corrected chi connectivity index (χ4v) is 4.63. The quantitative estimate of drug-likeness (QED) is 0.810. The van der Waals surface area contributed by atoms with Crippen LogP contribution >= 0.6 is 0 Å². The van der Waals surface area contributed by atoms with Crippen molar-refractivity contribution < 1.29 is 4.74 Å². The van der Waals surface area contributed by atoms with Gasteiger partial charge in [-0.2, -0.15) is 0 Å². The highest BCUT2D eigenvalue weighted by molar-refractivity contribution is 4.96. The van der Waals surface area contributed by atoms with Gasteiger partial charge in [-0.25, -0.2) is 0 Å². The number of hydrogen-bond donors (Lipinski definition) is 1. The molecular formula is C16H29NO. The van der Waals surface area contributed by atoms with Gasteiger partial charge in [0, 0.05) is 24.6 Å². The van der Waals surface area contributed by atoms with Crippen LogP contribution in [0.15, 0.2) is 0 Å². The minimum absolute atomic E-state index is 0.458. The van der Waals surface area contributed by atoms with Crippen LogP contribution in [-0.2, 0) is 4.74 Å². The Balaban J connectivity index is 1.59. The number of nitrogens with one attached hydrogen (secondary N) is 1. The van der Waals surface area contributed by atoms with Crippen LogP contribution in [0.2, 0.25) is 0 Å². The van der Waals surface area contributed by atoms with E-state index < -0.39 is 0 Å². The van der Waals surface area contributed by atoms with E-state index in [4.69, 9.17) is 4.74 Å². The highest BCUT2D eigenvalue weighted by Gasteiger charge is 2.45. The van der Waals surface area contributed by atoms with Crippen molar-refractivity contribution in [1.29, 1.82) is 0 Å². The van der Waals surface area contributed by atoms with Gasteiger partial charge in [0.15, 0.2) is 0 Å². The molecule has 2 aliphatic carbocycles. The molecule has 0 spiro atoms. The van der Waals surface area contributed by atoms with E-state index in [-0.39, 0.29) is 0 Å². The van der Waals surface area contributed by atoms with Gasteiger partial charge in [-0.05, 0) is 49.9 Å². The van der Waals surface area contributed by atoms with Crippen LogP contribution in [0.4, 0.5) is 0 Å². The van der Waals surface area contributed by atoms with Crippen LogP contribution in [0.1, 0.15) is 52.4 Å². The fourth-order valence-electron chi connectivity index (χ4n) is 4.63. The molecule has 2 bridgehead atoms. The maximum atomic E-state index is 5.74. The second kappa shape index (κ2) is 5.13. The molecule has 104 valence electrons. The molecule has 2 heteroatoms. The molecule has 4 atom stereocenters. The zero-order chi connectivity index (χ0) is 12.6. The summed E-state index contributed by atoms with van der Waals surface area (Å²) in [5.74, 6) is 3.16. The Morgan fingerprint density at radius 2 is 2.17 bits per heavy atom. The summed E-state index contributed by atoms with van der Waals surface area (Å²) in [5, 5.41) is 3.67. The number of rotatable bonds is 5. The molecule has 0 amide bonds. The Morgan fingerprint density at radius 3 is 2.72 bits per heavy atom. The molecule has 2 nitrogen and oxygen atoms in total. The van der Waals surface area contributed by atoms with Crippen LogP contribution in [0.5, 0.6) is 0 Å². The van der Waals surface area contributed by atoms with Crippen molar-refractivity contribution in [3.63, 3.8) is 0 Å². The van der Waals surface area contributed by atoms with Gasteiger partial charge < -0.3 is 10.1 Å². The van der Waals surface area contributed by atoms with E-state index >= 15 is 0 Å². The molecule has 0 radical (unpaired) electrons. The molecule has 4 unspecified atom stereocenters. The Morgan fingerprint density at radius 1 is 1.28 bits per heavy atom. The van der Waals surface area contributed by atoms with Crippen molar-refractivity contribution in [2.75, 3.05) is 19.8 Å². The maximum absolute atomic E-state index is 5.74. The summed E-state index contributed by atoms with van der Waals surface area (Å²) in [6, 6.07) is 0.600. The molecule has 1 N–H and O–H groups in total. The molecule has 3 aliphatic rings. The molecule has 3 rings (SSSR count). The van der Waals surface area contributed by atoms with Gasteiger partial charge >= 0.3 is 0 Å². The van der Waals surface area contributed by atoms with Crippen LogP contribution < -0.4 is 5.32 Å². The van der Waals surface area contributed by atoms with Gasteiger partial charge in [0.2, 0.25) is 0 Å². The molecule has 0 aromatic heterocycles. The number of hydrogen-bond acceptors (Lipinski definition) is 2. The van der Waals surface area contributed by atoms with Crippen molar-refractivity contribution >= 4 is 0 Å². The van der Waals surface area contributed by atoms with E-state index in [0.717, 1.165) is 31.0 Å². The summed E-state index contributed by atoms with van der Waals surface area (Å²) < 4.78 is 5.74. The predicted molar refractivity (Wildman–Crippen MR) is 74.6 cm³/mol. The van der Waals surface area contributed by atoms with Crippen molar-refractivity contribution in [3.8, 4) is 0 Å². The van der Waals surface area contributed by atoms with Crippen molar-refractivity contribution in [1.82, 2.24) is 5.32 Å². The normalized spacial score (nSPS) is 43.2. The molecule has 1 saturated heterocycles. The first-order chi connectivity index (χ1) is 8.67. The lowest BCUT2D eigenvalue weighted by Gasteiger charge is -2.34. The first kappa shape index (κ1) is 12.9. The zero-order valence-corrected chi connectivity index (χ0v) is 12.1. The maximum Gasteiger partial charge on any atom is 0.0535 e. The monoisotopic (exact) mass is 251 g/mol. The standard InChI is InChI=1S/C16H29NO/c1-12(2)17-10-16(5-6-18-11-16)9-15-8-13-3-4-14(15)7-13/h12-15,17H,3-11H2,1-2H3. The smallest absolute Gasteiger partial charge is 0.0535 e. The molecule has 1 heterocycles. The van der Waals surface area contributed by atoms with E-state index in [0.29, 0.717) is 11.5 Å². The minimum Gasteiger partial charge on any atom is -0.381 e. The average Bonchev–Trinajstić information content (AvgIpc) is 3.03. The summed E-state index contributed by atoms with van der Waals surface area (Å²) in [6.45, 7) is 7.65. The van der Waals surface area contributed by atoms with Crippen LogP contribution in [0.25, 0.3) is 0 Å². The van der Waals surface area contributed by atoms with Gasteiger partial charge in [0.05, 0.1) is 6.61 Å². The van der Waals surface area contributed by atoms with Gasteiger partial charge in [-0.3, -0.25) is 0 Å². The highest BCUT2D eigenvalue weighted by atomic mass is 16.5. The largest absolute Gasteiger partial charge is 0.381 e. The van der Waals surface area contributed by atoms with E-state index in [2.05, 4.69) is 19.2 Å². The zero-order valence-electron chi connectivity index (χ0n) is 12.1. The summed E-state index contributed by atoms with van der Waals surface area (Å²) in [6.07, 6.45) is 8.81. The summed E-state index contributed by atoms with van der Waals surface area (Å²) in [7, 11) is 0. The molecule has 3 fully saturated rings. The number of fused-ring (bicyclic) bond motifs is 2. The second-order valence-electron chi connectivity index (χ2n) is 7.48. The average molecular weight is 251 g/mol. The van der Waals surface area contributed by atoms with E-state index in [1.807, 2.05) is 0 Å². The lowest BCUT2D eigenvalue weighted by Crippen LogP contribution is -2.40. The second-order valence-corrected chi connectivity index (χ2v) is 7.48. The number of ether oxygens (including phenoxy) is 1. The topological polar surface area (TPSA) is 21.3 Å². The van der Waals surface area contributed by atoms with Crippen molar-refractivity contribution in [3.05, 3.63) is 0 Å². The Hall–Kier alpha value is -0.0800. The van der Waals surface area contributed by atoms with Crippen LogP contribution in [-0.4, -0.2) is 25.8 Å². The summed E-state index contributed by atoms with van der Waals surface area (Å²) in [4.78, 5) is 0. The summed E-state index contributed by atoms with van der Waals surface area (Å²) >= 11 is 0. The first-order valence-corrected chi connectivity index (χ1v) is 7.98. The molecule has 18 heavy (non-hydrogen) atoms. The van der Waals surface area contributed by atoms with E-state index in [1.54, 1.807) is 6.42 Å². The Bertz CT molecular complexity index is 283. The van der Waals surface area contributed by atoms with Crippen LogP contribution in [0.3, 0.4) is 0 Å². The first-order valence-electron chi connectivity index (χ1n) is 7.98. The Labute approximate surface area is 112 Å². The molecule has 0 aromatic rings. The third-order valence-electron chi connectivity index (χ3n) is 5.65. The van der Waals surface area contributed by atoms with Gasteiger partial charge in [-0.15, -0.1) is 0 Å². The molecule has 2 saturated carbocycles. The van der Waals surface area contributed by atoms with Crippen molar-refractivity contribution in [2.24, 2.45) is 23.2 Å². The molecule has 0 aromatic carbocycles. The Kier molecular flexibility index (Phi) is 3.68. The molecular weight excluding hydrogens is 222 g/mol. The van der Waals surface area contributed by atoms with Crippen LogP contribution in [0, 0.1) is 23.2 Å². The lowest BCUT2D eigenvalue weighted by atomic mass is 9.73. The van der Waals surface area contributed by atoms with E-state index in [9.17, 15) is 0 Å². The van der Waals surface area contributed by atoms with Gasteiger partial charge in [0.25, 0.3) is 0 Å². The van der Waals surface area contributed by atoms with Gasteiger partial charge in [-0.1, -0.05) is 20.3 Å². The van der Waals surface area contributed by atoms with Crippen molar-refractivity contribution in [2.45, 2.75) is 58.4 Å². The third kappa shape index (κ3) is 2.60. The third-order valence-corrected chi connectivity index (χ3v) is 5.65. The fraction of sp³-hybridized carbons (Fsp3) is 1.00. The SMILES string of the molecule is CC(C)NCC1(CC2CC3CCC2C3)CCOC1. The highest BCUT2D eigenvalue weighted by Crippen LogP contribution is 2.52. The van der Waals surface area contributed by atoms with Gasteiger partial charge in [0.1, 0.15) is 0 Å². The summed E-state index contributed by atoms with van der Waals surface area (Å²) in [5.41, 5.74) is 0.458. The van der Waals surface area contributed by atoms with E-state index in [1.165, 1.54) is 38.6 Å². The predicted octanol–water partition coefficient (Wildman–Crippen LogP) is 3.22. The molecule has 1 aliphatic heterocycles. The lowest BCUT2D eigenvalue weighted by molar-refractivity contribution is 0.116. The minimum atomic E-state index is 0.458.